The van der Waals surface area contributed by atoms with E-state index in [1.54, 1.807) is 0 Å². The first-order chi connectivity index (χ1) is 9.47. The number of carbonyl (C=O) groups excluding carboxylic acids is 2. The Labute approximate surface area is 112 Å². The molecule has 0 aromatic heterocycles. The number of hydrogen-bond donors (Lipinski definition) is 2. The number of aldehydes is 2. The van der Waals surface area contributed by atoms with Crippen molar-refractivity contribution in [3.8, 4) is 11.5 Å². The zero-order valence-electron chi connectivity index (χ0n) is 10.1. The predicted octanol–water partition coefficient (Wildman–Crippen LogP) is 0.238. The van der Waals surface area contributed by atoms with E-state index in [2.05, 4.69) is 0 Å². The van der Waals surface area contributed by atoms with Gasteiger partial charge in [0.2, 0.25) is 0 Å². The van der Waals surface area contributed by atoms with Crippen LogP contribution in [0, 0.1) is 0 Å². The average Bonchev–Trinajstić information content (AvgIpc) is 2.42. The Bertz CT molecular complexity index is 499. The minimum atomic E-state index is -1.25. The van der Waals surface area contributed by atoms with E-state index in [1.165, 1.54) is 0 Å². The standard InChI is InChI=1S/C12H10O8/c13-3-7-1-9(19-5-11(15)16)8(4-14)2-10(7)20-6-12(17)18/h1-4H,5-6H2,(H,15,16)(H,17,18). The molecule has 0 aliphatic rings. The summed E-state index contributed by atoms with van der Waals surface area (Å²) in [5.74, 6) is -2.71. The zero-order chi connectivity index (χ0) is 15.1. The molecule has 106 valence electrons. The molecule has 0 saturated heterocycles. The highest BCUT2D eigenvalue weighted by Gasteiger charge is 2.13. The van der Waals surface area contributed by atoms with E-state index in [4.69, 9.17) is 19.7 Å². The Kier molecular flexibility index (Phi) is 5.21. The first-order valence-corrected chi connectivity index (χ1v) is 5.25. The van der Waals surface area contributed by atoms with Gasteiger partial charge < -0.3 is 19.7 Å². The van der Waals surface area contributed by atoms with Crippen LogP contribution in [-0.2, 0) is 9.59 Å². The number of rotatable bonds is 8. The van der Waals surface area contributed by atoms with Crippen LogP contribution in [-0.4, -0.2) is 47.9 Å². The normalized spacial score (nSPS) is 9.60. The Balaban J connectivity index is 3.09. The molecule has 2 N–H and O–H groups in total. The molecular weight excluding hydrogens is 272 g/mol. The zero-order valence-corrected chi connectivity index (χ0v) is 10.1. The van der Waals surface area contributed by atoms with Gasteiger partial charge in [-0.05, 0) is 12.1 Å². The smallest absolute Gasteiger partial charge is 0.341 e. The third kappa shape index (κ3) is 4.09. The maximum atomic E-state index is 10.9. The fourth-order valence-corrected chi connectivity index (χ4v) is 1.30. The van der Waals surface area contributed by atoms with Gasteiger partial charge in [0, 0.05) is 0 Å². The highest BCUT2D eigenvalue weighted by molar-refractivity contribution is 5.87. The molecule has 0 atom stereocenters. The first kappa shape index (κ1) is 15.2. The highest BCUT2D eigenvalue weighted by atomic mass is 16.5. The van der Waals surface area contributed by atoms with Crippen molar-refractivity contribution in [3.63, 3.8) is 0 Å². The van der Waals surface area contributed by atoms with Gasteiger partial charge in [0.25, 0.3) is 0 Å². The number of carboxylic acid groups (broad SMARTS) is 2. The van der Waals surface area contributed by atoms with Crippen molar-refractivity contribution < 1.29 is 38.9 Å². The van der Waals surface area contributed by atoms with E-state index in [0.717, 1.165) is 12.1 Å². The van der Waals surface area contributed by atoms with Crippen molar-refractivity contribution in [3.05, 3.63) is 23.3 Å². The van der Waals surface area contributed by atoms with Crippen LogP contribution in [0.1, 0.15) is 20.7 Å². The first-order valence-electron chi connectivity index (χ1n) is 5.25. The van der Waals surface area contributed by atoms with Crippen LogP contribution in [0.15, 0.2) is 12.1 Å². The van der Waals surface area contributed by atoms with Crippen molar-refractivity contribution in [2.75, 3.05) is 13.2 Å². The summed E-state index contributed by atoms with van der Waals surface area (Å²) in [5, 5.41) is 17.0. The molecule has 0 bridgehead atoms. The molecule has 0 saturated carbocycles. The number of aliphatic carboxylic acids is 2. The summed E-state index contributed by atoms with van der Waals surface area (Å²) in [6.45, 7) is -1.37. The molecule has 0 amide bonds. The number of carbonyl (C=O) groups is 4. The monoisotopic (exact) mass is 282 g/mol. The lowest BCUT2D eigenvalue weighted by Crippen LogP contribution is -2.13. The summed E-state index contributed by atoms with van der Waals surface area (Å²) < 4.78 is 9.70. The largest absolute Gasteiger partial charge is 0.481 e. The molecule has 0 spiro atoms. The summed E-state index contributed by atoms with van der Waals surface area (Å²) >= 11 is 0. The van der Waals surface area contributed by atoms with Crippen LogP contribution in [0.3, 0.4) is 0 Å². The van der Waals surface area contributed by atoms with Gasteiger partial charge in [0.05, 0.1) is 11.1 Å². The van der Waals surface area contributed by atoms with Crippen LogP contribution in [0.4, 0.5) is 0 Å². The fourth-order valence-electron chi connectivity index (χ4n) is 1.30. The number of carboxylic acids is 2. The van der Waals surface area contributed by atoms with Gasteiger partial charge in [-0.2, -0.15) is 0 Å². The second kappa shape index (κ2) is 6.88. The van der Waals surface area contributed by atoms with Gasteiger partial charge in [-0.25, -0.2) is 9.59 Å². The summed E-state index contributed by atoms with van der Waals surface area (Å²) in [6.07, 6.45) is 0.749. The van der Waals surface area contributed by atoms with Gasteiger partial charge in [-0.1, -0.05) is 0 Å². The van der Waals surface area contributed by atoms with Crippen LogP contribution in [0.2, 0.25) is 0 Å². The van der Waals surface area contributed by atoms with Crippen molar-refractivity contribution in [1.29, 1.82) is 0 Å². The molecule has 0 radical (unpaired) electrons. The molecule has 0 aliphatic heterocycles. The number of ether oxygens (including phenoxy) is 2. The predicted molar refractivity (Wildman–Crippen MR) is 63.5 cm³/mol. The van der Waals surface area contributed by atoms with Crippen LogP contribution in [0.25, 0.3) is 0 Å². The maximum Gasteiger partial charge on any atom is 0.341 e. The van der Waals surface area contributed by atoms with E-state index in [9.17, 15) is 19.2 Å². The molecule has 0 unspecified atom stereocenters. The van der Waals surface area contributed by atoms with Crippen molar-refractivity contribution >= 4 is 24.5 Å². The van der Waals surface area contributed by atoms with Crippen LogP contribution < -0.4 is 9.47 Å². The maximum absolute atomic E-state index is 10.9. The molecule has 1 aromatic rings. The molecular formula is C12H10O8. The van der Waals surface area contributed by atoms with E-state index < -0.39 is 25.2 Å². The van der Waals surface area contributed by atoms with Gasteiger partial charge >= 0.3 is 11.9 Å². The summed E-state index contributed by atoms with van der Waals surface area (Å²) in [5.41, 5.74) is -0.116. The molecule has 1 rings (SSSR count). The van der Waals surface area contributed by atoms with E-state index in [-0.39, 0.29) is 22.6 Å². The summed E-state index contributed by atoms with van der Waals surface area (Å²) in [7, 11) is 0. The Morgan fingerprint density at radius 2 is 1.25 bits per heavy atom. The van der Waals surface area contributed by atoms with Gasteiger partial charge in [0.1, 0.15) is 11.5 Å². The number of benzene rings is 1. The minimum absolute atomic E-state index is 0.0581. The average molecular weight is 282 g/mol. The Morgan fingerprint density at radius 1 is 0.900 bits per heavy atom. The summed E-state index contributed by atoms with van der Waals surface area (Å²) in [4.78, 5) is 42.5. The van der Waals surface area contributed by atoms with Crippen LogP contribution in [0.5, 0.6) is 11.5 Å². The quantitative estimate of drug-likeness (QED) is 0.649. The van der Waals surface area contributed by atoms with Gasteiger partial charge in [0.15, 0.2) is 25.8 Å². The topological polar surface area (TPSA) is 127 Å². The van der Waals surface area contributed by atoms with Crippen molar-refractivity contribution in [1.82, 2.24) is 0 Å². The van der Waals surface area contributed by atoms with Crippen LogP contribution >= 0.6 is 0 Å². The lowest BCUT2D eigenvalue weighted by molar-refractivity contribution is -0.140. The third-order valence-electron chi connectivity index (χ3n) is 2.10. The second-order valence-electron chi connectivity index (χ2n) is 3.53. The van der Waals surface area contributed by atoms with Crippen molar-refractivity contribution in [2.24, 2.45) is 0 Å². The molecule has 8 nitrogen and oxygen atoms in total. The molecule has 20 heavy (non-hydrogen) atoms. The number of hydrogen-bond acceptors (Lipinski definition) is 6. The lowest BCUT2D eigenvalue weighted by atomic mass is 10.1. The van der Waals surface area contributed by atoms with E-state index in [1.807, 2.05) is 0 Å². The Morgan fingerprint density at radius 3 is 1.50 bits per heavy atom. The molecule has 0 heterocycles. The second-order valence-corrected chi connectivity index (χ2v) is 3.53. The Hall–Kier alpha value is -2.90. The minimum Gasteiger partial charge on any atom is -0.481 e. The fraction of sp³-hybridized carbons (Fsp3) is 0.167. The highest BCUT2D eigenvalue weighted by Crippen LogP contribution is 2.27. The van der Waals surface area contributed by atoms with Gasteiger partial charge in [-0.3, -0.25) is 9.59 Å². The SMILES string of the molecule is O=Cc1cc(OCC(=O)O)c(C=O)cc1OCC(=O)O. The molecule has 8 heteroatoms. The van der Waals surface area contributed by atoms with E-state index >= 15 is 0 Å². The lowest BCUT2D eigenvalue weighted by Gasteiger charge is -2.11. The third-order valence-corrected chi connectivity index (χ3v) is 2.10. The van der Waals surface area contributed by atoms with E-state index in [0.29, 0.717) is 12.6 Å². The molecule has 0 aliphatic carbocycles. The van der Waals surface area contributed by atoms with Gasteiger partial charge in [-0.15, -0.1) is 0 Å². The molecule has 0 fully saturated rings. The summed E-state index contributed by atoms with van der Waals surface area (Å²) in [6, 6.07) is 2.22. The molecule has 1 aromatic carbocycles. The van der Waals surface area contributed by atoms with Crippen molar-refractivity contribution in [2.45, 2.75) is 0 Å².